The van der Waals surface area contributed by atoms with Gasteiger partial charge < -0.3 is 15.8 Å². The first-order valence-corrected chi connectivity index (χ1v) is 5.72. The predicted octanol–water partition coefficient (Wildman–Crippen LogP) is 2.81. The maximum absolute atomic E-state index is 13.1. The highest BCUT2D eigenvalue weighted by atomic mass is 19.2. The molecule has 0 saturated carbocycles. The van der Waals surface area contributed by atoms with Gasteiger partial charge >= 0.3 is 0 Å². The lowest BCUT2D eigenvalue weighted by Gasteiger charge is -2.11. The molecule has 0 aromatic heterocycles. The zero-order valence-corrected chi connectivity index (χ0v) is 10.6. The van der Waals surface area contributed by atoms with E-state index in [4.69, 9.17) is 10.5 Å². The molecule has 3 N–H and O–H groups in total. The first-order chi connectivity index (χ1) is 9.52. The minimum atomic E-state index is -1.05. The topological polar surface area (TPSA) is 64.3 Å². The number of rotatable bonds is 3. The van der Waals surface area contributed by atoms with Crippen molar-refractivity contribution in [2.45, 2.75) is 0 Å². The van der Waals surface area contributed by atoms with E-state index in [0.29, 0.717) is 5.75 Å². The number of carbonyl (C=O) groups excluding carboxylic acids is 1. The second-order valence-corrected chi connectivity index (χ2v) is 4.01. The molecule has 4 nitrogen and oxygen atoms in total. The quantitative estimate of drug-likeness (QED) is 0.848. The molecule has 1 amide bonds. The smallest absolute Gasteiger partial charge is 0.261 e. The van der Waals surface area contributed by atoms with Crippen LogP contribution in [-0.2, 0) is 0 Å². The van der Waals surface area contributed by atoms with E-state index in [2.05, 4.69) is 5.32 Å². The first-order valence-electron chi connectivity index (χ1n) is 5.72. The van der Waals surface area contributed by atoms with E-state index in [1.807, 2.05) is 0 Å². The van der Waals surface area contributed by atoms with Crippen molar-refractivity contribution >= 4 is 17.3 Å². The van der Waals surface area contributed by atoms with Crippen LogP contribution in [0.4, 0.5) is 20.2 Å². The molecule has 104 valence electrons. The number of nitrogens with one attached hydrogen (secondary N) is 1. The lowest BCUT2D eigenvalue weighted by atomic mass is 10.1. The van der Waals surface area contributed by atoms with Crippen LogP contribution in [0.2, 0.25) is 0 Å². The molecule has 0 unspecified atom stereocenters. The molecule has 0 atom stereocenters. The zero-order chi connectivity index (χ0) is 14.7. The average Bonchev–Trinajstić information content (AvgIpc) is 2.42. The number of amides is 1. The number of anilines is 2. The maximum atomic E-state index is 13.1. The van der Waals surface area contributed by atoms with Crippen LogP contribution < -0.4 is 15.8 Å². The molecular weight excluding hydrogens is 266 g/mol. The third-order valence-electron chi connectivity index (χ3n) is 2.68. The minimum absolute atomic E-state index is 0.124. The SMILES string of the molecule is COc1cccc(N)c1C(=O)Nc1ccc(F)c(F)c1. The van der Waals surface area contributed by atoms with Gasteiger partial charge in [-0.15, -0.1) is 0 Å². The van der Waals surface area contributed by atoms with E-state index in [0.717, 1.165) is 12.1 Å². The molecule has 0 heterocycles. The fourth-order valence-electron chi connectivity index (χ4n) is 1.73. The van der Waals surface area contributed by atoms with E-state index in [1.165, 1.54) is 13.2 Å². The number of hydrogen-bond acceptors (Lipinski definition) is 3. The molecule has 0 radical (unpaired) electrons. The Hall–Kier alpha value is -2.63. The van der Waals surface area contributed by atoms with Crippen molar-refractivity contribution in [2.75, 3.05) is 18.2 Å². The summed E-state index contributed by atoms with van der Waals surface area (Å²) in [5, 5.41) is 2.44. The van der Waals surface area contributed by atoms with E-state index < -0.39 is 17.5 Å². The highest BCUT2D eigenvalue weighted by Crippen LogP contribution is 2.25. The Morgan fingerprint density at radius 3 is 2.60 bits per heavy atom. The van der Waals surface area contributed by atoms with Crippen molar-refractivity contribution in [1.82, 2.24) is 0 Å². The molecule has 0 aliphatic rings. The van der Waals surface area contributed by atoms with Crippen LogP contribution in [0.3, 0.4) is 0 Å². The van der Waals surface area contributed by atoms with Gasteiger partial charge in [-0.1, -0.05) is 6.07 Å². The summed E-state index contributed by atoms with van der Waals surface area (Å²) < 4.78 is 30.9. The lowest BCUT2D eigenvalue weighted by molar-refractivity contribution is 0.102. The van der Waals surface area contributed by atoms with Gasteiger partial charge in [-0.05, 0) is 24.3 Å². The van der Waals surface area contributed by atoms with Gasteiger partial charge in [0, 0.05) is 17.4 Å². The van der Waals surface area contributed by atoms with Gasteiger partial charge in [-0.25, -0.2) is 8.78 Å². The molecule has 6 heteroatoms. The number of halogens is 2. The van der Waals surface area contributed by atoms with Crippen molar-refractivity contribution in [3.63, 3.8) is 0 Å². The number of nitrogens with two attached hydrogens (primary N) is 1. The van der Waals surface area contributed by atoms with Gasteiger partial charge in [-0.3, -0.25) is 4.79 Å². The normalized spacial score (nSPS) is 10.2. The lowest BCUT2D eigenvalue weighted by Crippen LogP contribution is -2.15. The van der Waals surface area contributed by atoms with Crippen molar-refractivity contribution in [3.05, 3.63) is 53.6 Å². The van der Waals surface area contributed by atoms with E-state index in [1.54, 1.807) is 18.2 Å². The summed E-state index contributed by atoms with van der Waals surface area (Å²) in [5.74, 6) is -2.30. The van der Waals surface area contributed by atoms with Crippen molar-refractivity contribution in [1.29, 1.82) is 0 Å². The third kappa shape index (κ3) is 2.69. The number of nitrogen functional groups attached to an aromatic ring is 1. The van der Waals surface area contributed by atoms with Crippen LogP contribution in [-0.4, -0.2) is 13.0 Å². The average molecular weight is 278 g/mol. The molecule has 2 aromatic carbocycles. The van der Waals surface area contributed by atoms with Crippen molar-refractivity contribution < 1.29 is 18.3 Å². The van der Waals surface area contributed by atoms with Crippen LogP contribution in [0.5, 0.6) is 5.75 Å². The molecule has 2 aromatic rings. The molecule has 0 aliphatic carbocycles. The standard InChI is InChI=1S/C14H12F2N2O2/c1-20-12-4-2-3-11(17)13(12)14(19)18-8-5-6-9(15)10(16)7-8/h2-7H,17H2,1H3,(H,18,19). The molecule has 20 heavy (non-hydrogen) atoms. The summed E-state index contributed by atoms with van der Waals surface area (Å²) in [7, 11) is 1.41. The largest absolute Gasteiger partial charge is 0.496 e. The fraction of sp³-hybridized carbons (Fsp3) is 0.0714. The monoisotopic (exact) mass is 278 g/mol. The van der Waals surface area contributed by atoms with Crippen LogP contribution in [0, 0.1) is 11.6 Å². The van der Waals surface area contributed by atoms with Gasteiger partial charge in [0.25, 0.3) is 5.91 Å². The summed E-state index contributed by atoms with van der Waals surface area (Å²) in [4.78, 5) is 12.1. The van der Waals surface area contributed by atoms with Gasteiger partial charge in [0.15, 0.2) is 11.6 Å². The van der Waals surface area contributed by atoms with E-state index >= 15 is 0 Å². The van der Waals surface area contributed by atoms with Crippen molar-refractivity contribution in [2.24, 2.45) is 0 Å². The van der Waals surface area contributed by atoms with Crippen LogP contribution >= 0.6 is 0 Å². The van der Waals surface area contributed by atoms with Gasteiger partial charge in [0.05, 0.1) is 7.11 Å². The number of methoxy groups -OCH3 is 1. The summed E-state index contributed by atoms with van der Waals surface area (Å²) in [6.45, 7) is 0. The second-order valence-electron chi connectivity index (χ2n) is 4.01. The molecule has 0 aliphatic heterocycles. The molecule has 0 saturated heterocycles. The number of hydrogen-bond donors (Lipinski definition) is 2. The van der Waals surface area contributed by atoms with E-state index in [9.17, 15) is 13.6 Å². The first kappa shape index (κ1) is 13.8. The molecule has 0 spiro atoms. The van der Waals surface area contributed by atoms with Crippen molar-refractivity contribution in [3.8, 4) is 5.75 Å². The Balaban J connectivity index is 2.30. The van der Waals surface area contributed by atoms with Crippen LogP contribution in [0.1, 0.15) is 10.4 Å². The molecule has 0 fully saturated rings. The fourth-order valence-corrected chi connectivity index (χ4v) is 1.73. The third-order valence-corrected chi connectivity index (χ3v) is 2.68. The summed E-state index contributed by atoms with van der Waals surface area (Å²) >= 11 is 0. The molecule has 2 rings (SSSR count). The summed E-state index contributed by atoms with van der Waals surface area (Å²) in [5.41, 5.74) is 6.22. The maximum Gasteiger partial charge on any atom is 0.261 e. The Morgan fingerprint density at radius 1 is 1.20 bits per heavy atom. The van der Waals surface area contributed by atoms with Gasteiger partial charge in [0.2, 0.25) is 0 Å². The highest BCUT2D eigenvalue weighted by molar-refractivity contribution is 6.09. The Labute approximate surface area is 114 Å². The number of benzene rings is 2. The predicted molar refractivity (Wildman–Crippen MR) is 71.7 cm³/mol. The zero-order valence-electron chi connectivity index (χ0n) is 10.6. The van der Waals surface area contributed by atoms with Crippen LogP contribution in [0.25, 0.3) is 0 Å². The highest BCUT2D eigenvalue weighted by Gasteiger charge is 2.16. The molecule has 0 bridgehead atoms. The van der Waals surface area contributed by atoms with E-state index in [-0.39, 0.29) is 16.9 Å². The second kappa shape index (κ2) is 5.56. The van der Waals surface area contributed by atoms with Crippen LogP contribution in [0.15, 0.2) is 36.4 Å². The minimum Gasteiger partial charge on any atom is -0.496 e. The Bertz CT molecular complexity index is 660. The summed E-state index contributed by atoms with van der Waals surface area (Å²) in [6, 6.07) is 7.83. The summed E-state index contributed by atoms with van der Waals surface area (Å²) in [6.07, 6.45) is 0. The Kier molecular flexibility index (Phi) is 3.84. The Morgan fingerprint density at radius 2 is 1.95 bits per heavy atom. The number of carbonyl (C=O) groups is 1. The molecular formula is C14H12F2N2O2. The van der Waals surface area contributed by atoms with Gasteiger partial charge in [-0.2, -0.15) is 0 Å². The number of ether oxygens (including phenoxy) is 1. The van der Waals surface area contributed by atoms with Gasteiger partial charge in [0.1, 0.15) is 11.3 Å².